The lowest BCUT2D eigenvalue weighted by atomic mass is 10.1. The Balaban J connectivity index is 1.47. The number of aromatic nitrogens is 1. The summed E-state index contributed by atoms with van der Waals surface area (Å²) in [4.78, 5) is 20.5. The number of benzene rings is 1. The summed E-state index contributed by atoms with van der Waals surface area (Å²) in [6.45, 7) is 4.08. The second kappa shape index (κ2) is 9.84. The fourth-order valence-electron chi connectivity index (χ4n) is 3.66. The van der Waals surface area contributed by atoms with E-state index in [1.54, 1.807) is 11.3 Å². The van der Waals surface area contributed by atoms with Gasteiger partial charge in [-0.25, -0.2) is 0 Å². The minimum Gasteiger partial charge on any atom is -0.493 e. The number of azo groups is 1. The minimum atomic E-state index is -0.574. The van der Waals surface area contributed by atoms with Gasteiger partial charge in [-0.05, 0) is 50.4 Å². The van der Waals surface area contributed by atoms with Gasteiger partial charge in [0, 0.05) is 5.39 Å². The van der Waals surface area contributed by atoms with Crippen molar-refractivity contribution >= 4 is 39.5 Å². The van der Waals surface area contributed by atoms with E-state index in [0.29, 0.717) is 18.1 Å². The molecule has 162 valence electrons. The van der Waals surface area contributed by atoms with E-state index in [2.05, 4.69) is 20.3 Å². The first-order valence-electron chi connectivity index (χ1n) is 10.3. The number of thiophene rings is 1. The SMILES string of the molecule is C/C(=N/OCC(=O)N=Nc1c(O)n(CN2CCCCC2)c2ccccc12)c1cccs1. The summed E-state index contributed by atoms with van der Waals surface area (Å²) in [6.07, 6.45) is 3.57. The molecule has 2 aromatic heterocycles. The summed E-state index contributed by atoms with van der Waals surface area (Å²) in [5, 5.41) is 25.3. The lowest BCUT2D eigenvalue weighted by Crippen LogP contribution is -2.31. The van der Waals surface area contributed by atoms with Gasteiger partial charge in [-0.3, -0.25) is 14.3 Å². The zero-order chi connectivity index (χ0) is 21.6. The van der Waals surface area contributed by atoms with Crippen molar-refractivity contribution in [2.45, 2.75) is 32.9 Å². The highest BCUT2D eigenvalue weighted by molar-refractivity contribution is 7.12. The van der Waals surface area contributed by atoms with Gasteiger partial charge in [-0.1, -0.05) is 35.8 Å². The van der Waals surface area contributed by atoms with Crippen LogP contribution in [0.15, 0.2) is 57.2 Å². The van der Waals surface area contributed by atoms with Crippen LogP contribution in [0, 0.1) is 0 Å². The van der Waals surface area contributed by atoms with E-state index in [1.807, 2.05) is 53.3 Å². The topological polar surface area (TPSA) is 91.8 Å². The number of aromatic hydroxyl groups is 1. The summed E-state index contributed by atoms with van der Waals surface area (Å²) < 4.78 is 1.82. The Morgan fingerprint density at radius 1 is 1.16 bits per heavy atom. The summed E-state index contributed by atoms with van der Waals surface area (Å²) in [7, 11) is 0. The van der Waals surface area contributed by atoms with Crippen LogP contribution >= 0.6 is 11.3 Å². The van der Waals surface area contributed by atoms with Crippen molar-refractivity contribution in [1.82, 2.24) is 9.47 Å². The molecule has 0 unspecified atom stereocenters. The van der Waals surface area contributed by atoms with Gasteiger partial charge in [0.05, 0.1) is 22.8 Å². The summed E-state index contributed by atoms with van der Waals surface area (Å²) in [6, 6.07) is 11.4. The molecular formula is C22H25N5O3S. The third kappa shape index (κ3) is 5.00. The molecule has 1 saturated heterocycles. The number of hydrogen-bond donors (Lipinski definition) is 1. The highest BCUT2D eigenvalue weighted by atomic mass is 32.1. The minimum absolute atomic E-state index is 0.0100. The predicted octanol–water partition coefficient (Wildman–Crippen LogP) is 4.90. The fraction of sp³-hybridized carbons (Fsp3) is 0.364. The van der Waals surface area contributed by atoms with E-state index in [0.717, 1.165) is 41.7 Å². The highest BCUT2D eigenvalue weighted by Gasteiger charge is 2.19. The van der Waals surface area contributed by atoms with Crippen LogP contribution in [0.1, 0.15) is 31.1 Å². The number of fused-ring (bicyclic) bond motifs is 1. The van der Waals surface area contributed by atoms with Crippen LogP contribution in [0.25, 0.3) is 10.9 Å². The van der Waals surface area contributed by atoms with Crippen molar-refractivity contribution in [3.05, 3.63) is 46.7 Å². The monoisotopic (exact) mass is 439 g/mol. The number of carbonyl (C=O) groups is 1. The highest BCUT2D eigenvalue weighted by Crippen LogP contribution is 2.39. The number of nitrogens with zero attached hydrogens (tertiary/aromatic N) is 5. The van der Waals surface area contributed by atoms with Crippen LogP contribution in [-0.2, 0) is 16.3 Å². The van der Waals surface area contributed by atoms with Crippen molar-refractivity contribution in [3.8, 4) is 5.88 Å². The van der Waals surface area contributed by atoms with Crippen molar-refractivity contribution in [2.24, 2.45) is 15.4 Å². The van der Waals surface area contributed by atoms with Gasteiger partial charge in [-0.2, -0.15) is 0 Å². The first kappa shape index (κ1) is 21.2. The second-order valence-corrected chi connectivity index (χ2v) is 8.41. The molecule has 0 aliphatic carbocycles. The Morgan fingerprint density at radius 3 is 2.74 bits per heavy atom. The largest absolute Gasteiger partial charge is 0.493 e. The number of amides is 1. The van der Waals surface area contributed by atoms with Gasteiger partial charge in [-0.15, -0.1) is 21.6 Å². The van der Waals surface area contributed by atoms with Crippen molar-refractivity contribution < 1.29 is 14.7 Å². The summed E-state index contributed by atoms with van der Waals surface area (Å²) >= 11 is 1.54. The Morgan fingerprint density at radius 2 is 1.97 bits per heavy atom. The molecule has 3 heterocycles. The quantitative estimate of drug-likeness (QED) is 0.322. The normalized spacial score (nSPS) is 15.7. The average Bonchev–Trinajstić information content (AvgIpc) is 3.41. The molecule has 0 spiro atoms. The van der Waals surface area contributed by atoms with E-state index in [-0.39, 0.29) is 12.5 Å². The number of likely N-dealkylation sites (tertiary alicyclic amines) is 1. The Labute approximate surface area is 184 Å². The van der Waals surface area contributed by atoms with E-state index in [9.17, 15) is 9.90 Å². The number of piperidine rings is 1. The molecule has 9 heteroatoms. The van der Waals surface area contributed by atoms with Crippen LogP contribution in [0.4, 0.5) is 5.69 Å². The zero-order valence-electron chi connectivity index (χ0n) is 17.4. The molecule has 1 N–H and O–H groups in total. The van der Waals surface area contributed by atoms with Gasteiger partial charge in [0.2, 0.25) is 5.88 Å². The summed E-state index contributed by atoms with van der Waals surface area (Å²) in [5.74, 6) is -0.564. The number of hydrogen-bond acceptors (Lipinski definition) is 7. The third-order valence-electron chi connectivity index (χ3n) is 5.24. The van der Waals surface area contributed by atoms with Crippen molar-refractivity contribution in [2.75, 3.05) is 19.7 Å². The molecule has 1 aliphatic heterocycles. The molecule has 0 radical (unpaired) electrons. The predicted molar refractivity (Wildman–Crippen MR) is 121 cm³/mol. The van der Waals surface area contributed by atoms with E-state index >= 15 is 0 Å². The summed E-state index contributed by atoms with van der Waals surface area (Å²) in [5.41, 5.74) is 1.84. The van der Waals surface area contributed by atoms with Crippen LogP contribution in [0.3, 0.4) is 0 Å². The lowest BCUT2D eigenvalue weighted by Gasteiger charge is -2.27. The molecule has 31 heavy (non-hydrogen) atoms. The van der Waals surface area contributed by atoms with Gasteiger partial charge in [0.15, 0.2) is 12.3 Å². The number of carbonyl (C=O) groups excluding carboxylic acids is 1. The first-order chi connectivity index (χ1) is 15.1. The van der Waals surface area contributed by atoms with Crippen molar-refractivity contribution in [1.29, 1.82) is 0 Å². The molecule has 0 bridgehead atoms. The molecule has 1 fully saturated rings. The number of oxime groups is 1. The van der Waals surface area contributed by atoms with E-state index < -0.39 is 5.91 Å². The molecule has 3 aromatic rings. The molecule has 4 rings (SSSR count). The molecule has 1 aromatic carbocycles. The molecule has 1 amide bonds. The first-order valence-corrected chi connectivity index (χ1v) is 11.2. The molecule has 1 aliphatic rings. The van der Waals surface area contributed by atoms with Crippen LogP contribution < -0.4 is 0 Å². The van der Waals surface area contributed by atoms with Crippen LogP contribution in [0.5, 0.6) is 5.88 Å². The van der Waals surface area contributed by atoms with Gasteiger partial charge >= 0.3 is 5.91 Å². The second-order valence-electron chi connectivity index (χ2n) is 7.46. The molecule has 0 saturated carbocycles. The Kier molecular flexibility index (Phi) is 6.73. The maximum atomic E-state index is 12.1. The standard InChI is InChI=1S/C22H25N5O3S/c1-16(19-10-7-13-31-19)25-30-14-20(28)23-24-21-17-8-3-4-9-18(17)27(22(21)29)15-26-11-5-2-6-12-26/h3-4,7-10,13,29H,2,5-6,11-12,14-15H2,1H3/b24-23?,25-16-. The number of rotatable bonds is 7. The molecule has 0 atom stereocenters. The van der Waals surface area contributed by atoms with Gasteiger partial charge < -0.3 is 9.94 Å². The van der Waals surface area contributed by atoms with Crippen LogP contribution in [0.2, 0.25) is 0 Å². The van der Waals surface area contributed by atoms with E-state index in [4.69, 9.17) is 4.84 Å². The Bertz CT molecular complexity index is 1100. The smallest absolute Gasteiger partial charge is 0.304 e. The average molecular weight is 440 g/mol. The molecule has 8 nitrogen and oxygen atoms in total. The van der Waals surface area contributed by atoms with Gasteiger partial charge in [0.25, 0.3) is 0 Å². The van der Waals surface area contributed by atoms with Gasteiger partial charge in [0.1, 0.15) is 0 Å². The maximum Gasteiger partial charge on any atom is 0.304 e. The zero-order valence-corrected chi connectivity index (χ0v) is 18.2. The maximum absolute atomic E-state index is 12.1. The lowest BCUT2D eigenvalue weighted by molar-refractivity contribution is -0.122. The third-order valence-corrected chi connectivity index (χ3v) is 6.21. The number of para-hydroxylation sites is 1. The van der Waals surface area contributed by atoms with E-state index in [1.165, 1.54) is 6.42 Å². The Hall–Kier alpha value is -3.04. The van der Waals surface area contributed by atoms with Crippen LogP contribution in [-0.4, -0.2) is 45.9 Å². The van der Waals surface area contributed by atoms with Crippen molar-refractivity contribution in [3.63, 3.8) is 0 Å². The fourth-order valence-corrected chi connectivity index (χ4v) is 4.33. The molecular weight excluding hydrogens is 414 g/mol.